The van der Waals surface area contributed by atoms with Crippen LogP contribution in [0.3, 0.4) is 0 Å². The van der Waals surface area contributed by atoms with Crippen LogP contribution in [0.1, 0.15) is 39.0 Å². The van der Waals surface area contributed by atoms with Gasteiger partial charge in [-0.2, -0.15) is 0 Å². The third-order valence-electron chi connectivity index (χ3n) is 10.6. The largest absolute Gasteiger partial charge is 0.497 e. The summed E-state index contributed by atoms with van der Waals surface area (Å²) in [6.45, 7) is 5.22. The van der Waals surface area contributed by atoms with Crippen LogP contribution in [-0.4, -0.2) is 50.9 Å². The molecule has 0 aromatic heterocycles. The fraction of sp³-hybridized carbons (Fsp3) is 0.170. The highest BCUT2D eigenvalue weighted by atomic mass is 16.5. The molecular weight excluding hydrogens is 821 g/mol. The van der Waals surface area contributed by atoms with Crippen molar-refractivity contribution in [3.63, 3.8) is 0 Å². The Hall–Kier alpha value is -8.12. The highest BCUT2D eigenvalue weighted by Gasteiger charge is 2.18. The van der Waals surface area contributed by atoms with Gasteiger partial charge in [0, 0.05) is 24.1 Å². The summed E-state index contributed by atoms with van der Waals surface area (Å²) in [4.78, 5) is 53.0. The van der Waals surface area contributed by atoms with Crippen molar-refractivity contribution in [2.75, 3.05) is 37.9 Å². The zero-order valence-electron chi connectivity index (χ0n) is 36.9. The number of methoxy groups -OCH3 is 2. The first-order valence-electron chi connectivity index (χ1n) is 21.1. The molecule has 0 aliphatic carbocycles. The molecule has 0 unspecified atom stereocenters. The minimum absolute atomic E-state index is 0.123. The van der Waals surface area contributed by atoms with E-state index in [4.69, 9.17) is 18.9 Å². The van der Waals surface area contributed by atoms with Crippen LogP contribution in [0.4, 0.5) is 11.4 Å². The summed E-state index contributed by atoms with van der Waals surface area (Å²) in [5, 5.41) is 13.2. The maximum Gasteiger partial charge on any atom is 0.252 e. The summed E-state index contributed by atoms with van der Waals surface area (Å²) < 4.78 is 23.0. The molecule has 0 aliphatic rings. The number of nitrogens with one attached hydrogen (secondary N) is 4. The SMILES string of the molecule is COc1cccc(Oc2ccccc2NC(=O)CNC(=O)CCc2cc(-c3ccc(Oc4cccc(OC)c4)c(NC(=O)CNC(=O)c4c(C)cc(C)cc4C)c3)cc3ccccc23)c1. The zero-order chi connectivity index (χ0) is 45.9. The van der Waals surface area contributed by atoms with Crippen molar-refractivity contribution in [1.29, 1.82) is 0 Å². The average molecular weight is 871 g/mol. The number of benzene rings is 7. The second kappa shape index (κ2) is 20.8. The lowest BCUT2D eigenvalue weighted by Crippen LogP contribution is -2.33. The van der Waals surface area contributed by atoms with E-state index >= 15 is 0 Å². The van der Waals surface area contributed by atoms with E-state index in [0.717, 1.165) is 44.2 Å². The number of hydrogen-bond donors (Lipinski definition) is 4. The molecule has 0 atom stereocenters. The number of aryl methyl sites for hydroxylation is 4. The Labute approximate surface area is 377 Å². The molecule has 12 nitrogen and oxygen atoms in total. The van der Waals surface area contributed by atoms with Crippen molar-refractivity contribution in [3.8, 4) is 45.6 Å². The molecule has 4 N–H and O–H groups in total. The van der Waals surface area contributed by atoms with Gasteiger partial charge in [-0.1, -0.05) is 78.4 Å². The van der Waals surface area contributed by atoms with Gasteiger partial charge in [0.2, 0.25) is 17.7 Å². The molecule has 7 aromatic rings. The summed E-state index contributed by atoms with van der Waals surface area (Å²) in [5.41, 5.74) is 6.63. The fourth-order valence-electron chi connectivity index (χ4n) is 7.59. The summed E-state index contributed by atoms with van der Waals surface area (Å²) in [6, 6.07) is 42.7. The van der Waals surface area contributed by atoms with E-state index in [1.54, 1.807) is 87.0 Å². The van der Waals surface area contributed by atoms with Crippen LogP contribution in [0.2, 0.25) is 0 Å². The Kier molecular flexibility index (Phi) is 14.4. The number of amides is 4. The Morgan fingerprint density at radius 3 is 1.77 bits per heavy atom. The number of anilines is 2. The Morgan fingerprint density at radius 2 is 1.09 bits per heavy atom. The van der Waals surface area contributed by atoms with Gasteiger partial charge < -0.3 is 40.2 Å². The Bertz CT molecular complexity index is 2870. The quantitative estimate of drug-likeness (QED) is 0.0706. The third kappa shape index (κ3) is 11.7. The Balaban J connectivity index is 1.06. The molecule has 0 fully saturated rings. The van der Waals surface area contributed by atoms with Gasteiger partial charge in [0.15, 0.2) is 11.5 Å². The predicted octanol–water partition coefficient (Wildman–Crippen LogP) is 10.1. The van der Waals surface area contributed by atoms with Gasteiger partial charge >= 0.3 is 0 Å². The number of hydrogen-bond acceptors (Lipinski definition) is 8. The van der Waals surface area contributed by atoms with Gasteiger partial charge in [-0.3, -0.25) is 19.2 Å². The van der Waals surface area contributed by atoms with Crippen molar-refractivity contribution in [1.82, 2.24) is 10.6 Å². The molecule has 12 heteroatoms. The van der Waals surface area contributed by atoms with Crippen LogP contribution in [0, 0.1) is 20.8 Å². The van der Waals surface area contributed by atoms with E-state index in [-0.39, 0.29) is 31.3 Å². The number of rotatable bonds is 17. The molecule has 65 heavy (non-hydrogen) atoms. The molecule has 0 heterocycles. The summed E-state index contributed by atoms with van der Waals surface area (Å²) in [6.07, 6.45) is 0.511. The number of fused-ring (bicyclic) bond motifs is 1. The van der Waals surface area contributed by atoms with Gasteiger partial charge in [0.25, 0.3) is 5.91 Å². The molecule has 7 rings (SSSR count). The van der Waals surface area contributed by atoms with Crippen molar-refractivity contribution in [3.05, 3.63) is 167 Å². The van der Waals surface area contributed by atoms with Crippen molar-refractivity contribution < 1.29 is 38.1 Å². The topological polar surface area (TPSA) is 153 Å². The lowest BCUT2D eigenvalue weighted by atomic mass is 9.94. The van der Waals surface area contributed by atoms with Gasteiger partial charge in [-0.25, -0.2) is 0 Å². The van der Waals surface area contributed by atoms with E-state index in [1.165, 1.54) is 0 Å². The first-order chi connectivity index (χ1) is 31.5. The number of carbonyl (C=O) groups is 4. The standard InChI is InChI=1S/C53H50N4O8/c1-33-24-34(2)52(35(3)25-33)53(61)55-32-51(60)57-46-28-36(20-22-48(46)65-43-16-11-14-41(30-43)63-5)39-26-37-12-6-7-17-44(37)38(27-39)21-23-49(58)54-31-50(59)56-45-18-8-9-19-47(45)64-42-15-10-13-40(29-42)62-4/h6-20,22,24-30H,21,23,31-32H2,1-5H3,(H,54,58)(H,55,61)(H,56,59)(H,57,60). The summed E-state index contributed by atoms with van der Waals surface area (Å²) in [5.74, 6) is 1.61. The van der Waals surface area contributed by atoms with Gasteiger partial charge in [-0.05, 0) is 120 Å². The monoisotopic (exact) mass is 870 g/mol. The van der Waals surface area contributed by atoms with Crippen LogP contribution in [0.25, 0.3) is 21.9 Å². The smallest absolute Gasteiger partial charge is 0.252 e. The van der Waals surface area contributed by atoms with E-state index in [0.29, 0.717) is 57.9 Å². The Morgan fingerprint density at radius 1 is 0.508 bits per heavy atom. The first-order valence-corrected chi connectivity index (χ1v) is 21.1. The molecule has 0 saturated carbocycles. The molecule has 0 saturated heterocycles. The average Bonchev–Trinajstić information content (AvgIpc) is 3.30. The van der Waals surface area contributed by atoms with Gasteiger partial charge in [0.1, 0.15) is 23.0 Å². The highest BCUT2D eigenvalue weighted by molar-refractivity contribution is 6.02. The van der Waals surface area contributed by atoms with E-state index < -0.39 is 11.8 Å². The highest BCUT2D eigenvalue weighted by Crippen LogP contribution is 2.37. The normalized spacial score (nSPS) is 10.7. The first kappa shape index (κ1) is 44.9. The molecule has 0 spiro atoms. The van der Waals surface area contributed by atoms with E-state index in [9.17, 15) is 19.2 Å². The molecular formula is C53H50N4O8. The number of para-hydroxylation sites is 2. The maximum absolute atomic E-state index is 13.5. The summed E-state index contributed by atoms with van der Waals surface area (Å²) in [7, 11) is 3.14. The predicted molar refractivity (Wildman–Crippen MR) is 254 cm³/mol. The van der Waals surface area contributed by atoms with Crippen LogP contribution < -0.4 is 40.2 Å². The van der Waals surface area contributed by atoms with E-state index in [2.05, 4.69) is 27.3 Å². The van der Waals surface area contributed by atoms with Crippen LogP contribution in [0.15, 0.2) is 140 Å². The maximum atomic E-state index is 13.5. The van der Waals surface area contributed by atoms with Crippen LogP contribution >= 0.6 is 0 Å². The second-order valence-electron chi connectivity index (χ2n) is 15.5. The number of ether oxygens (including phenoxy) is 4. The van der Waals surface area contributed by atoms with Crippen LogP contribution in [-0.2, 0) is 20.8 Å². The lowest BCUT2D eigenvalue weighted by Gasteiger charge is -2.16. The van der Waals surface area contributed by atoms with Crippen molar-refractivity contribution in [2.45, 2.75) is 33.6 Å². The number of carbonyl (C=O) groups excluding carboxylic acids is 4. The van der Waals surface area contributed by atoms with Gasteiger partial charge in [-0.15, -0.1) is 0 Å². The van der Waals surface area contributed by atoms with E-state index in [1.807, 2.05) is 81.4 Å². The minimum Gasteiger partial charge on any atom is -0.497 e. The van der Waals surface area contributed by atoms with Crippen molar-refractivity contribution in [2.24, 2.45) is 0 Å². The van der Waals surface area contributed by atoms with Crippen LogP contribution in [0.5, 0.6) is 34.5 Å². The second-order valence-corrected chi connectivity index (χ2v) is 15.5. The third-order valence-corrected chi connectivity index (χ3v) is 10.6. The molecule has 0 bridgehead atoms. The molecule has 330 valence electrons. The minimum atomic E-state index is -0.446. The molecule has 4 amide bonds. The molecule has 0 radical (unpaired) electrons. The van der Waals surface area contributed by atoms with Crippen molar-refractivity contribution >= 4 is 45.8 Å². The zero-order valence-corrected chi connectivity index (χ0v) is 36.9. The molecule has 7 aromatic carbocycles. The summed E-state index contributed by atoms with van der Waals surface area (Å²) >= 11 is 0. The van der Waals surface area contributed by atoms with Gasteiger partial charge in [0.05, 0.1) is 38.7 Å². The molecule has 0 aliphatic heterocycles. The fourth-order valence-corrected chi connectivity index (χ4v) is 7.59. The lowest BCUT2D eigenvalue weighted by molar-refractivity contribution is -0.124.